The number of hydrogen-bond acceptors (Lipinski definition) is 2. The highest BCUT2D eigenvalue weighted by Gasteiger charge is 2.31. The molecule has 3 nitrogen and oxygen atoms in total. The number of carbonyl (C=O) groups excluding carboxylic acids is 1. The molecule has 3 heteroatoms. The molecule has 0 saturated carbocycles. The van der Waals surface area contributed by atoms with Gasteiger partial charge in [0.2, 0.25) is 5.91 Å². The Morgan fingerprint density at radius 2 is 1.95 bits per heavy atom. The molecule has 104 valence electrons. The van der Waals surface area contributed by atoms with Gasteiger partial charge in [0, 0.05) is 11.5 Å². The number of rotatable bonds is 5. The third-order valence-electron chi connectivity index (χ3n) is 4.32. The molecular formula is C16H24N2O. The first-order valence-electron chi connectivity index (χ1n) is 7.17. The van der Waals surface area contributed by atoms with E-state index in [4.69, 9.17) is 5.73 Å². The van der Waals surface area contributed by atoms with Gasteiger partial charge in [-0.3, -0.25) is 4.79 Å². The maximum Gasteiger partial charge on any atom is 0.224 e. The van der Waals surface area contributed by atoms with E-state index in [1.165, 1.54) is 11.1 Å². The Morgan fingerprint density at radius 3 is 2.42 bits per heavy atom. The van der Waals surface area contributed by atoms with Gasteiger partial charge in [0.15, 0.2) is 0 Å². The molecule has 0 radical (unpaired) electrons. The lowest BCUT2D eigenvalue weighted by molar-refractivity contribution is -0.126. The van der Waals surface area contributed by atoms with E-state index in [0.29, 0.717) is 6.54 Å². The molecule has 0 bridgehead atoms. The summed E-state index contributed by atoms with van der Waals surface area (Å²) in [5.41, 5.74) is 8.11. The second kappa shape index (κ2) is 5.74. The normalized spacial score (nSPS) is 17.8. The van der Waals surface area contributed by atoms with E-state index >= 15 is 0 Å². The van der Waals surface area contributed by atoms with Crippen LogP contribution in [0.25, 0.3) is 0 Å². The zero-order valence-corrected chi connectivity index (χ0v) is 11.9. The topological polar surface area (TPSA) is 55.1 Å². The Morgan fingerprint density at radius 1 is 1.37 bits per heavy atom. The number of hydrogen-bond donors (Lipinski definition) is 2. The lowest BCUT2D eigenvalue weighted by atomic mass is 9.93. The Kier molecular flexibility index (Phi) is 4.25. The van der Waals surface area contributed by atoms with Crippen molar-refractivity contribution in [1.29, 1.82) is 0 Å². The van der Waals surface area contributed by atoms with Crippen molar-refractivity contribution in [3.05, 3.63) is 35.4 Å². The van der Waals surface area contributed by atoms with E-state index in [9.17, 15) is 4.79 Å². The van der Waals surface area contributed by atoms with Gasteiger partial charge in [-0.05, 0) is 50.3 Å². The molecule has 1 amide bonds. The molecule has 0 heterocycles. The van der Waals surface area contributed by atoms with Gasteiger partial charge in [-0.25, -0.2) is 0 Å². The zero-order chi connectivity index (χ0) is 13.9. The number of amides is 1. The fourth-order valence-electron chi connectivity index (χ4n) is 2.79. The Hall–Kier alpha value is -1.35. The molecule has 1 aliphatic rings. The van der Waals surface area contributed by atoms with E-state index in [1.807, 2.05) is 12.1 Å². The highest BCUT2D eigenvalue weighted by Crippen LogP contribution is 2.27. The molecule has 1 aromatic rings. The van der Waals surface area contributed by atoms with E-state index in [2.05, 4.69) is 31.3 Å². The molecule has 0 saturated heterocycles. The predicted molar refractivity (Wildman–Crippen MR) is 77.9 cm³/mol. The molecule has 1 aromatic carbocycles. The average Bonchev–Trinajstić information content (AvgIpc) is 2.83. The minimum absolute atomic E-state index is 0.0843. The number of carbonyl (C=O) groups is 1. The van der Waals surface area contributed by atoms with Gasteiger partial charge in [-0.1, -0.05) is 31.2 Å². The molecule has 3 N–H and O–H groups in total. The largest absolute Gasteiger partial charge is 0.351 e. The monoisotopic (exact) mass is 260 g/mol. The quantitative estimate of drug-likeness (QED) is 0.851. The maximum absolute atomic E-state index is 12.4. The summed E-state index contributed by atoms with van der Waals surface area (Å²) in [6.07, 6.45) is 3.47. The number of benzene rings is 1. The number of nitrogens with one attached hydrogen (secondary N) is 1. The van der Waals surface area contributed by atoms with Crippen LogP contribution in [0, 0.1) is 5.92 Å². The summed E-state index contributed by atoms with van der Waals surface area (Å²) in [5.74, 6) is 0.259. The molecule has 0 spiro atoms. The van der Waals surface area contributed by atoms with Crippen LogP contribution in [0.15, 0.2) is 24.3 Å². The summed E-state index contributed by atoms with van der Waals surface area (Å²) < 4.78 is 0. The highest BCUT2D eigenvalue weighted by molar-refractivity contribution is 5.81. The van der Waals surface area contributed by atoms with Crippen LogP contribution in [0.2, 0.25) is 0 Å². The van der Waals surface area contributed by atoms with Gasteiger partial charge in [-0.2, -0.15) is 0 Å². The number of nitrogens with two attached hydrogens (primary N) is 1. The van der Waals surface area contributed by atoms with Crippen molar-refractivity contribution in [3.63, 3.8) is 0 Å². The molecule has 0 aliphatic heterocycles. The molecule has 1 unspecified atom stereocenters. The lowest BCUT2D eigenvalue weighted by Crippen LogP contribution is -2.49. The summed E-state index contributed by atoms with van der Waals surface area (Å²) in [4.78, 5) is 12.4. The van der Waals surface area contributed by atoms with Crippen LogP contribution in [0.3, 0.4) is 0 Å². The van der Waals surface area contributed by atoms with Crippen molar-refractivity contribution >= 4 is 5.91 Å². The summed E-state index contributed by atoms with van der Waals surface area (Å²) in [6, 6.07) is 8.34. The first-order valence-corrected chi connectivity index (χ1v) is 7.17. The van der Waals surface area contributed by atoms with Crippen LogP contribution in [0.4, 0.5) is 0 Å². The van der Waals surface area contributed by atoms with E-state index < -0.39 is 0 Å². The van der Waals surface area contributed by atoms with Crippen LogP contribution < -0.4 is 11.1 Å². The third-order valence-corrected chi connectivity index (χ3v) is 4.32. The SMILES string of the molecule is CCC(C)(CCN)NC(=O)C1Cc2ccccc2C1. The second-order valence-electron chi connectivity index (χ2n) is 5.82. The van der Waals surface area contributed by atoms with Crippen molar-refractivity contribution in [3.8, 4) is 0 Å². The van der Waals surface area contributed by atoms with Gasteiger partial charge in [0.05, 0.1) is 0 Å². The molecule has 0 fully saturated rings. The first kappa shape index (κ1) is 14.1. The molecule has 19 heavy (non-hydrogen) atoms. The summed E-state index contributed by atoms with van der Waals surface area (Å²) in [5, 5.41) is 3.20. The zero-order valence-electron chi connectivity index (χ0n) is 11.9. The molecular weight excluding hydrogens is 236 g/mol. The van der Waals surface area contributed by atoms with Crippen molar-refractivity contribution < 1.29 is 4.79 Å². The van der Waals surface area contributed by atoms with Crippen LogP contribution in [-0.4, -0.2) is 18.0 Å². The molecule has 2 rings (SSSR count). The van der Waals surface area contributed by atoms with Gasteiger partial charge in [0.25, 0.3) is 0 Å². The van der Waals surface area contributed by atoms with Crippen molar-refractivity contribution in [2.24, 2.45) is 11.7 Å². The summed E-state index contributed by atoms with van der Waals surface area (Å²) >= 11 is 0. The summed E-state index contributed by atoms with van der Waals surface area (Å²) in [6.45, 7) is 4.79. The minimum atomic E-state index is -0.166. The van der Waals surface area contributed by atoms with Crippen LogP contribution >= 0.6 is 0 Å². The molecule has 0 aromatic heterocycles. The van der Waals surface area contributed by atoms with Crippen LogP contribution in [-0.2, 0) is 17.6 Å². The first-order chi connectivity index (χ1) is 9.08. The third kappa shape index (κ3) is 3.16. The van der Waals surface area contributed by atoms with E-state index in [0.717, 1.165) is 25.7 Å². The Labute approximate surface area is 115 Å². The van der Waals surface area contributed by atoms with Crippen LogP contribution in [0.1, 0.15) is 37.8 Å². The Balaban J connectivity index is 1.99. The van der Waals surface area contributed by atoms with Gasteiger partial charge < -0.3 is 11.1 Å². The summed E-state index contributed by atoms with van der Waals surface area (Å²) in [7, 11) is 0. The van der Waals surface area contributed by atoms with Gasteiger partial charge in [-0.15, -0.1) is 0 Å². The average molecular weight is 260 g/mol. The van der Waals surface area contributed by atoms with Crippen molar-refractivity contribution in [2.75, 3.05) is 6.54 Å². The Bertz CT molecular complexity index is 433. The fraction of sp³-hybridized carbons (Fsp3) is 0.562. The highest BCUT2D eigenvalue weighted by atomic mass is 16.2. The predicted octanol–water partition coefficient (Wildman–Crippen LogP) is 2.04. The van der Waals surface area contributed by atoms with Crippen molar-refractivity contribution in [2.45, 2.75) is 45.1 Å². The van der Waals surface area contributed by atoms with E-state index in [-0.39, 0.29) is 17.4 Å². The fourth-order valence-corrected chi connectivity index (χ4v) is 2.79. The van der Waals surface area contributed by atoms with Crippen LogP contribution in [0.5, 0.6) is 0 Å². The van der Waals surface area contributed by atoms with Gasteiger partial charge >= 0.3 is 0 Å². The standard InChI is InChI=1S/C16H24N2O/c1-3-16(2,8-9-17)18-15(19)14-10-12-6-4-5-7-13(12)11-14/h4-7,14H,3,8-11,17H2,1-2H3,(H,18,19). The van der Waals surface area contributed by atoms with Crippen molar-refractivity contribution in [1.82, 2.24) is 5.32 Å². The molecule has 1 atom stereocenters. The minimum Gasteiger partial charge on any atom is -0.351 e. The maximum atomic E-state index is 12.4. The van der Waals surface area contributed by atoms with E-state index in [1.54, 1.807) is 0 Å². The lowest BCUT2D eigenvalue weighted by Gasteiger charge is -2.30. The molecule has 1 aliphatic carbocycles. The second-order valence-corrected chi connectivity index (χ2v) is 5.82. The number of fused-ring (bicyclic) bond motifs is 1. The van der Waals surface area contributed by atoms with Gasteiger partial charge in [0.1, 0.15) is 0 Å². The smallest absolute Gasteiger partial charge is 0.224 e.